The van der Waals surface area contributed by atoms with Crippen LogP contribution in [0.2, 0.25) is 0 Å². The Morgan fingerprint density at radius 1 is 1.11 bits per heavy atom. The van der Waals surface area contributed by atoms with Crippen molar-refractivity contribution in [3.63, 3.8) is 0 Å². The van der Waals surface area contributed by atoms with Crippen molar-refractivity contribution in [3.8, 4) is 17.2 Å². The standard InChI is InChI=1S/C10H11F4NO3/c11-9(12)10(13,14)4-15-3-5-1-2-6(16)8(18)7(5)17/h1-2,9,15-18H,3-4H2. The maximum atomic E-state index is 12.5. The van der Waals surface area contributed by atoms with Crippen LogP contribution in [0.5, 0.6) is 17.2 Å². The summed E-state index contributed by atoms with van der Waals surface area (Å²) in [6.45, 7) is -1.63. The van der Waals surface area contributed by atoms with Crippen molar-refractivity contribution in [2.24, 2.45) is 0 Å². The molecular weight excluding hydrogens is 258 g/mol. The lowest BCUT2D eigenvalue weighted by molar-refractivity contribution is -0.125. The quantitative estimate of drug-likeness (QED) is 0.486. The number of aromatic hydroxyl groups is 3. The number of rotatable bonds is 5. The first-order chi connectivity index (χ1) is 8.25. The molecule has 0 radical (unpaired) electrons. The van der Waals surface area contributed by atoms with Crippen molar-refractivity contribution in [3.05, 3.63) is 17.7 Å². The molecule has 4 nitrogen and oxygen atoms in total. The first kappa shape index (κ1) is 14.4. The molecule has 0 heterocycles. The predicted octanol–water partition coefficient (Wildman–Crippen LogP) is 1.79. The van der Waals surface area contributed by atoms with Crippen molar-refractivity contribution < 1.29 is 32.9 Å². The molecule has 0 fully saturated rings. The van der Waals surface area contributed by atoms with Crippen LogP contribution >= 0.6 is 0 Å². The summed E-state index contributed by atoms with van der Waals surface area (Å²) >= 11 is 0. The molecule has 1 aromatic carbocycles. The van der Waals surface area contributed by atoms with E-state index in [1.165, 1.54) is 0 Å². The molecule has 0 bridgehead atoms. The van der Waals surface area contributed by atoms with E-state index < -0.39 is 36.1 Å². The summed E-state index contributed by atoms with van der Waals surface area (Å²) < 4.78 is 48.7. The Morgan fingerprint density at radius 2 is 1.72 bits per heavy atom. The SMILES string of the molecule is Oc1ccc(CNCC(F)(F)C(F)F)c(O)c1O. The molecule has 1 rings (SSSR count). The molecule has 102 valence electrons. The molecule has 0 aromatic heterocycles. The molecule has 0 aliphatic heterocycles. The van der Waals surface area contributed by atoms with Crippen LogP contribution in [-0.2, 0) is 6.54 Å². The molecule has 0 amide bonds. The maximum Gasteiger partial charge on any atom is 0.319 e. The average molecular weight is 269 g/mol. The van der Waals surface area contributed by atoms with Crippen molar-refractivity contribution in [1.29, 1.82) is 0 Å². The van der Waals surface area contributed by atoms with Crippen LogP contribution in [-0.4, -0.2) is 34.2 Å². The summed E-state index contributed by atoms with van der Waals surface area (Å²) in [6, 6.07) is 2.20. The summed E-state index contributed by atoms with van der Waals surface area (Å²) in [5.74, 6) is -6.24. The lowest BCUT2D eigenvalue weighted by atomic mass is 10.1. The fourth-order valence-corrected chi connectivity index (χ4v) is 1.19. The van der Waals surface area contributed by atoms with Crippen LogP contribution in [0, 0.1) is 0 Å². The third-order valence-corrected chi connectivity index (χ3v) is 2.21. The molecule has 0 aliphatic carbocycles. The largest absolute Gasteiger partial charge is 0.504 e. The highest BCUT2D eigenvalue weighted by Crippen LogP contribution is 2.36. The Hall–Kier alpha value is -1.70. The Morgan fingerprint density at radius 3 is 2.28 bits per heavy atom. The molecule has 0 atom stereocenters. The summed E-state index contributed by atoms with van der Waals surface area (Å²) in [6.07, 6.45) is -3.79. The minimum Gasteiger partial charge on any atom is -0.504 e. The third-order valence-electron chi connectivity index (χ3n) is 2.21. The Bertz CT molecular complexity index is 426. The molecule has 0 unspecified atom stereocenters. The lowest BCUT2D eigenvalue weighted by Gasteiger charge is -2.16. The van der Waals surface area contributed by atoms with Gasteiger partial charge in [0.15, 0.2) is 11.5 Å². The fraction of sp³-hybridized carbons (Fsp3) is 0.400. The third kappa shape index (κ3) is 3.16. The van der Waals surface area contributed by atoms with Gasteiger partial charge in [0.05, 0.1) is 6.54 Å². The van der Waals surface area contributed by atoms with Gasteiger partial charge in [0.2, 0.25) is 5.75 Å². The van der Waals surface area contributed by atoms with Gasteiger partial charge in [0.1, 0.15) is 0 Å². The Kier molecular flexibility index (Phi) is 4.23. The van der Waals surface area contributed by atoms with E-state index in [0.29, 0.717) is 0 Å². The van der Waals surface area contributed by atoms with Gasteiger partial charge in [-0.2, -0.15) is 8.78 Å². The molecule has 0 spiro atoms. The van der Waals surface area contributed by atoms with E-state index in [0.717, 1.165) is 12.1 Å². The van der Waals surface area contributed by atoms with Gasteiger partial charge in [0.25, 0.3) is 0 Å². The summed E-state index contributed by atoms with van der Waals surface area (Å²) in [4.78, 5) is 0. The number of alkyl halides is 4. The van der Waals surface area contributed by atoms with Gasteiger partial charge in [-0.3, -0.25) is 0 Å². The second-order valence-corrected chi connectivity index (χ2v) is 3.61. The first-order valence-corrected chi connectivity index (χ1v) is 4.85. The van der Waals surface area contributed by atoms with Crippen LogP contribution in [0.4, 0.5) is 17.6 Å². The van der Waals surface area contributed by atoms with Crippen molar-refractivity contribution >= 4 is 0 Å². The maximum absolute atomic E-state index is 12.5. The van der Waals surface area contributed by atoms with Crippen molar-refractivity contribution in [2.45, 2.75) is 18.9 Å². The number of nitrogens with one attached hydrogen (secondary N) is 1. The summed E-state index contributed by atoms with van der Waals surface area (Å²) in [5.41, 5.74) is -0.00429. The fourth-order valence-electron chi connectivity index (χ4n) is 1.19. The van der Waals surface area contributed by atoms with E-state index in [1.807, 2.05) is 5.32 Å². The minimum atomic E-state index is -4.17. The molecule has 4 N–H and O–H groups in total. The predicted molar refractivity (Wildman–Crippen MR) is 54.1 cm³/mol. The summed E-state index contributed by atoms with van der Waals surface area (Å²) in [5, 5.41) is 29.5. The van der Waals surface area contributed by atoms with Gasteiger partial charge >= 0.3 is 12.3 Å². The zero-order chi connectivity index (χ0) is 13.9. The van der Waals surface area contributed by atoms with Gasteiger partial charge < -0.3 is 20.6 Å². The van der Waals surface area contributed by atoms with E-state index in [-0.39, 0.29) is 12.1 Å². The molecule has 18 heavy (non-hydrogen) atoms. The van der Waals surface area contributed by atoms with Gasteiger partial charge in [-0.05, 0) is 6.07 Å². The Labute approximate surface area is 99.5 Å². The number of hydrogen-bond acceptors (Lipinski definition) is 4. The van der Waals surface area contributed by atoms with Crippen molar-refractivity contribution in [2.75, 3.05) is 6.54 Å². The molecule has 1 aromatic rings. The normalized spacial score (nSPS) is 12.1. The van der Waals surface area contributed by atoms with Gasteiger partial charge in [0, 0.05) is 12.1 Å². The number of hydrogen-bond donors (Lipinski definition) is 4. The highest BCUT2D eigenvalue weighted by atomic mass is 19.3. The summed E-state index contributed by atoms with van der Waals surface area (Å²) in [7, 11) is 0. The second kappa shape index (κ2) is 5.30. The van der Waals surface area contributed by atoms with Crippen LogP contribution in [0.15, 0.2) is 12.1 Å². The van der Waals surface area contributed by atoms with E-state index in [2.05, 4.69) is 0 Å². The van der Waals surface area contributed by atoms with Crippen LogP contribution in [0.1, 0.15) is 5.56 Å². The van der Waals surface area contributed by atoms with E-state index in [9.17, 15) is 22.7 Å². The zero-order valence-electron chi connectivity index (χ0n) is 9.00. The van der Waals surface area contributed by atoms with Crippen molar-refractivity contribution in [1.82, 2.24) is 5.32 Å². The molecule has 0 saturated carbocycles. The van der Waals surface area contributed by atoms with Gasteiger partial charge in [-0.15, -0.1) is 0 Å². The van der Waals surface area contributed by atoms with Gasteiger partial charge in [-0.1, -0.05) is 6.07 Å². The second-order valence-electron chi connectivity index (χ2n) is 3.61. The van der Waals surface area contributed by atoms with Crippen LogP contribution in [0.3, 0.4) is 0 Å². The average Bonchev–Trinajstić information content (AvgIpc) is 2.29. The topological polar surface area (TPSA) is 72.7 Å². The lowest BCUT2D eigenvalue weighted by Crippen LogP contribution is -2.38. The monoisotopic (exact) mass is 269 g/mol. The molecule has 8 heteroatoms. The number of halogens is 4. The minimum absolute atomic E-state index is 0.00429. The Balaban J connectivity index is 2.63. The number of benzene rings is 1. The molecule has 0 aliphatic rings. The number of phenols is 3. The highest BCUT2D eigenvalue weighted by molar-refractivity contribution is 5.52. The van der Waals surface area contributed by atoms with E-state index in [1.54, 1.807) is 0 Å². The van der Waals surface area contributed by atoms with Crippen LogP contribution in [0.25, 0.3) is 0 Å². The first-order valence-electron chi connectivity index (χ1n) is 4.85. The zero-order valence-corrected chi connectivity index (χ0v) is 9.00. The smallest absolute Gasteiger partial charge is 0.319 e. The molecular formula is C10H11F4NO3. The van der Waals surface area contributed by atoms with Gasteiger partial charge in [-0.25, -0.2) is 8.78 Å². The highest BCUT2D eigenvalue weighted by Gasteiger charge is 2.40. The van der Waals surface area contributed by atoms with E-state index in [4.69, 9.17) is 10.2 Å². The molecule has 0 saturated heterocycles. The van der Waals surface area contributed by atoms with Crippen LogP contribution < -0.4 is 5.32 Å². The van der Waals surface area contributed by atoms with E-state index >= 15 is 0 Å². The number of phenolic OH excluding ortho intramolecular Hbond substituents is 3.